The first-order valence-corrected chi connectivity index (χ1v) is 3.02. The zero-order valence-corrected chi connectivity index (χ0v) is 5.61. The van der Waals surface area contributed by atoms with Crippen molar-refractivity contribution < 1.29 is 4.79 Å². The molecular formula is C6H9ClO. The van der Waals surface area contributed by atoms with Crippen molar-refractivity contribution in [2.75, 3.05) is 5.88 Å². The summed E-state index contributed by atoms with van der Waals surface area (Å²) in [5.41, 5.74) is 0.755. The molecule has 0 fully saturated rings. The Morgan fingerprint density at radius 3 is 2.75 bits per heavy atom. The van der Waals surface area contributed by atoms with Crippen molar-refractivity contribution in [3.63, 3.8) is 0 Å². The van der Waals surface area contributed by atoms with E-state index >= 15 is 0 Å². The standard InChI is InChI=1S/C6H9ClO/c1-6(5-8)3-2-4-7/h3,5H,2,4H2,1H3/b6-3+. The van der Waals surface area contributed by atoms with E-state index in [-0.39, 0.29) is 0 Å². The normalized spacial score (nSPS) is 11.5. The third kappa shape index (κ3) is 3.88. The zero-order chi connectivity index (χ0) is 6.41. The number of hydrogen-bond donors (Lipinski definition) is 0. The van der Waals surface area contributed by atoms with E-state index in [2.05, 4.69) is 0 Å². The van der Waals surface area contributed by atoms with Crippen molar-refractivity contribution in [1.82, 2.24) is 0 Å². The molecule has 0 bridgehead atoms. The molecule has 0 radical (unpaired) electrons. The monoisotopic (exact) mass is 132 g/mol. The van der Waals surface area contributed by atoms with Crippen LogP contribution in [0.5, 0.6) is 0 Å². The number of halogens is 1. The number of allylic oxidation sites excluding steroid dienone is 2. The first-order valence-electron chi connectivity index (χ1n) is 2.49. The highest BCUT2D eigenvalue weighted by Crippen LogP contribution is 1.91. The van der Waals surface area contributed by atoms with Crippen LogP contribution in [0.25, 0.3) is 0 Å². The van der Waals surface area contributed by atoms with Gasteiger partial charge in [-0.1, -0.05) is 6.08 Å². The Labute approximate surface area is 54.3 Å². The van der Waals surface area contributed by atoms with Crippen LogP contribution in [0, 0.1) is 0 Å². The third-order valence-corrected chi connectivity index (χ3v) is 0.980. The second kappa shape index (κ2) is 4.85. The lowest BCUT2D eigenvalue weighted by molar-refractivity contribution is -0.104. The molecule has 46 valence electrons. The fraction of sp³-hybridized carbons (Fsp3) is 0.500. The molecule has 0 spiro atoms. The molecule has 1 nitrogen and oxygen atoms in total. The zero-order valence-electron chi connectivity index (χ0n) is 4.86. The molecule has 0 aromatic carbocycles. The van der Waals surface area contributed by atoms with Gasteiger partial charge in [0.05, 0.1) is 0 Å². The number of aldehydes is 1. The van der Waals surface area contributed by atoms with E-state index in [0.29, 0.717) is 5.88 Å². The first-order chi connectivity index (χ1) is 3.81. The van der Waals surface area contributed by atoms with E-state index in [1.54, 1.807) is 6.92 Å². The molecule has 0 saturated carbocycles. The molecule has 0 saturated heterocycles. The van der Waals surface area contributed by atoms with Crippen molar-refractivity contribution in [2.45, 2.75) is 13.3 Å². The Kier molecular flexibility index (Phi) is 4.67. The third-order valence-electron chi connectivity index (χ3n) is 0.761. The topological polar surface area (TPSA) is 17.1 Å². The SMILES string of the molecule is C/C(C=O)=C\CCCl. The fourth-order valence-corrected chi connectivity index (χ4v) is 0.439. The highest BCUT2D eigenvalue weighted by Gasteiger charge is 1.80. The van der Waals surface area contributed by atoms with Crippen LogP contribution in [-0.4, -0.2) is 12.2 Å². The summed E-state index contributed by atoms with van der Waals surface area (Å²) in [5, 5.41) is 0. The summed E-state index contributed by atoms with van der Waals surface area (Å²) in [6.07, 6.45) is 3.43. The Morgan fingerprint density at radius 1 is 1.75 bits per heavy atom. The minimum Gasteiger partial charge on any atom is -0.298 e. The summed E-state index contributed by atoms with van der Waals surface area (Å²) in [6.45, 7) is 1.76. The number of hydrogen-bond acceptors (Lipinski definition) is 1. The summed E-state index contributed by atoms with van der Waals surface area (Å²) in [4.78, 5) is 9.90. The van der Waals surface area contributed by atoms with Crippen molar-refractivity contribution in [3.05, 3.63) is 11.6 Å². The van der Waals surface area contributed by atoms with E-state index in [1.807, 2.05) is 6.08 Å². The van der Waals surface area contributed by atoms with Gasteiger partial charge < -0.3 is 0 Å². The van der Waals surface area contributed by atoms with Crippen LogP contribution in [0.2, 0.25) is 0 Å². The molecule has 0 heterocycles. The largest absolute Gasteiger partial charge is 0.298 e. The Balaban J connectivity index is 3.40. The first kappa shape index (κ1) is 7.70. The minimum absolute atomic E-state index is 0.588. The number of alkyl halides is 1. The number of rotatable bonds is 3. The lowest BCUT2D eigenvalue weighted by Gasteiger charge is -1.83. The summed E-state index contributed by atoms with van der Waals surface area (Å²) in [7, 11) is 0. The number of carbonyl (C=O) groups is 1. The van der Waals surface area contributed by atoms with Crippen LogP contribution in [0.3, 0.4) is 0 Å². The van der Waals surface area contributed by atoms with E-state index in [4.69, 9.17) is 11.6 Å². The van der Waals surface area contributed by atoms with Crippen molar-refractivity contribution in [3.8, 4) is 0 Å². The maximum absolute atomic E-state index is 9.90. The molecule has 0 aromatic heterocycles. The van der Waals surface area contributed by atoms with Crippen LogP contribution in [0.4, 0.5) is 0 Å². The van der Waals surface area contributed by atoms with E-state index in [0.717, 1.165) is 18.3 Å². The van der Waals surface area contributed by atoms with Gasteiger partial charge >= 0.3 is 0 Å². The average molecular weight is 133 g/mol. The molecular weight excluding hydrogens is 124 g/mol. The van der Waals surface area contributed by atoms with Gasteiger partial charge in [0, 0.05) is 5.88 Å². The molecule has 0 rings (SSSR count). The van der Waals surface area contributed by atoms with E-state index < -0.39 is 0 Å². The predicted molar refractivity (Wildman–Crippen MR) is 35.2 cm³/mol. The molecule has 2 heteroatoms. The summed E-state index contributed by atoms with van der Waals surface area (Å²) in [5.74, 6) is 0.588. The highest BCUT2D eigenvalue weighted by atomic mass is 35.5. The second-order valence-corrected chi connectivity index (χ2v) is 1.92. The lowest BCUT2D eigenvalue weighted by atomic mass is 10.3. The molecule has 8 heavy (non-hydrogen) atoms. The smallest absolute Gasteiger partial charge is 0.145 e. The average Bonchev–Trinajstić information content (AvgIpc) is 1.83. The molecule has 0 aliphatic carbocycles. The quantitative estimate of drug-likeness (QED) is 0.325. The maximum atomic E-state index is 9.90. The van der Waals surface area contributed by atoms with Crippen LogP contribution >= 0.6 is 11.6 Å². The van der Waals surface area contributed by atoms with Crippen LogP contribution in [-0.2, 0) is 4.79 Å². The van der Waals surface area contributed by atoms with Gasteiger partial charge in [-0.05, 0) is 18.9 Å². The van der Waals surface area contributed by atoms with Crippen LogP contribution in [0.15, 0.2) is 11.6 Å². The molecule has 0 aromatic rings. The van der Waals surface area contributed by atoms with Gasteiger partial charge in [0.1, 0.15) is 6.29 Å². The summed E-state index contributed by atoms with van der Waals surface area (Å²) < 4.78 is 0. The molecule has 0 amide bonds. The molecule has 0 unspecified atom stereocenters. The van der Waals surface area contributed by atoms with Gasteiger partial charge in [0.2, 0.25) is 0 Å². The Morgan fingerprint density at radius 2 is 2.38 bits per heavy atom. The van der Waals surface area contributed by atoms with Gasteiger partial charge in [-0.15, -0.1) is 11.6 Å². The van der Waals surface area contributed by atoms with Gasteiger partial charge in [0.15, 0.2) is 0 Å². The summed E-state index contributed by atoms with van der Waals surface area (Å²) >= 11 is 5.34. The van der Waals surface area contributed by atoms with E-state index in [1.165, 1.54) is 0 Å². The maximum Gasteiger partial charge on any atom is 0.145 e. The van der Waals surface area contributed by atoms with Crippen molar-refractivity contribution >= 4 is 17.9 Å². The van der Waals surface area contributed by atoms with Gasteiger partial charge in [-0.2, -0.15) is 0 Å². The molecule has 0 aliphatic rings. The highest BCUT2D eigenvalue weighted by molar-refractivity contribution is 6.17. The van der Waals surface area contributed by atoms with Gasteiger partial charge in [-0.3, -0.25) is 4.79 Å². The van der Waals surface area contributed by atoms with Gasteiger partial charge in [0.25, 0.3) is 0 Å². The molecule has 0 atom stereocenters. The molecule has 0 N–H and O–H groups in total. The van der Waals surface area contributed by atoms with Crippen molar-refractivity contribution in [2.24, 2.45) is 0 Å². The van der Waals surface area contributed by atoms with Gasteiger partial charge in [-0.25, -0.2) is 0 Å². The second-order valence-electron chi connectivity index (χ2n) is 1.54. The summed E-state index contributed by atoms with van der Waals surface area (Å²) in [6, 6.07) is 0. The molecule has 0 aliphatic heterocycles. The lowest BCUT2D eigenvalue weighted by Crippen LogP contribution is -1.76. The van der Waals surface area contributed by atoms with Crippen LogP contribution < -0.4 is 0 Å². The number of carbonyl (C=O) groups excluding carboxylic acids is 1. The Bertz CT molecular complexity index is 96.7. The predicted octanol–water partition coefficient (Wildman–Crippen LogP) is 1.76. The van der Waals surface area contributed by atoms with Crippen molar-refractivity contribution in [1.29, 1.82) is 0 Å². The van der Waals surface area contributed by atoms with E-state index in [9.17, 15) is 4.79 Å². The fourth-order valence-electron chi connectivity index (χ4n) is 0.330. The Hall–Kier alpha value is -0.300. The minimum atomic E-state index is 0.588. The van der Waals surface area contributed by atoms with Crippen LogP contribution in [0.1, 0.15) is 13.3 Å².